The van der Waals surface area contributed by atoms with E-state index in [-0.39, 0.29) is 11.9 Å². The summed E-state index contributed by atoms with van der Waals surface area (Å²) in [5.74, 6) is 1.03. The van der Waals surface area contributed by atoms with Crippen LogP contribution in [0.2, 0.25) is 0 Å². The second-order valence-electron chi connectivity index (χ2n) is 7.25. The van der Waals surface area contributed by atoms with Crippen LogP contribution in [-0.2, 0) is 17.6 Å². The van der Waals surface area contributed by atoms with Gasteiger partial charge in [-0.15, -0.1) is 0 Å². The van der Waals surface area contributed by atoms with Crippen molar-refractivity contribution in [3.8, 4) is 0 Å². The second-order valence-corrected chi connectivity index (χ2v) is 7.25. The third-order valence-corrected chi connectivity index (χ3v) is 4.97. The molecular weight excluding hydrogens is 308 g/mol. The number of carbonyl (C=O) groups is 1. The predicted octanol–water partition coefficient (Wildman–Crippen LogP) is 3.33. The minimum Gasteiger partial charge on any atom is -0.355 e. The molecule has 0 aliphatic heterocycles. The Morgan fingerprint density at radius 2 is 1.48 bits per heavy atom. The molecule has 1 saturated carbocycles. The molecule has 1 aliphatic carbocycles. The smallest absolute Gasteiger partial charge is 0.220 e. The molecule has 1 amide bonds. The standard InChI is InChI=1S/C22H28N2O/c23-21(20-11-12-20)16-24-22(25)15-19(13-17-7-3-1-4-8-17)14-18-9-5-2-6-10-18/h1-10,19-21H,11-16,23H2,(H,24,25). The Morgan fingerprint density at radius 3 is 1.96 bits per heavy atom. The highest BCUT2D eigenvalue weighted by Gasteiger charge is 2.28. The number of rotatable bonds is 9. The van der Waals surface area contributed by atoms with E-state index in [9.17, 15) is 4.79 Å². The molecule has 0 heterocycles. The molecule has 0 radical (unpaired) electrons. The highest BCUT2D eigenvalue weighted by atomic mass is 16.1. The number of nitrogens with two attached hydrogens (primary N) is 1. The van der Waals surface area contributed by atoms with Gasteiger partial charge in [-0.05, 0) is 48.6 Å². The molecule has 3 rings (SSSR count). The van der Waals surface area contributed by atoms with E-state index in [1.807, 2.05) is 12.1 Å². The van der Waals surface area contributed by atoms with E-state index in [2.05, 4.69) is 53.8 Å². The van der Waals surface area contributed by atoms with E-state index in [0.29, 0.717) is 24.8 Å². The average molecular weight is 336 g/mol. The quantitative estimate of drug-likeness (QED) is 0.738. The first kappa shape index (κ1) is 17.7. The first-order valence-electron chi connectivity index (χ1n) is 9.31. The van der Waals surface area contributed by atoms with Crippen LogP contribution in [0.1, 0.15) is 30.4 Å². The van der Waals surface area contributed by atoms with Gasteiger partial charge in [-0.3, -0.25) is 4.79 Å². The number of benzene rings is 2. The molecule has 132 valence electrons. The van der Waals surface area contributed by atoms with Crippen molar-refractivity contribution < 1.29 is 4.79 Å². The predicted molar refractivity (Wildman–Crippen MR) is 102 cm³/mol. The summed E-state index contributed by atoms with van der Waals surface area (Å²) >= 11 is 0. The normalized spacial score (nSPS) is 15.1. The summed E-state index contributed by atoms with van der Waals surface area (Å²) in [7, 11) is 0. The van der Waals surface area contributed by atoms with Gasteiger partial charge < -0.3 is 11.1 Å². The fourth-order valence-corrected chi connectivity index (χ4v) is 3.37. The number of amides is 1. The summed E-state index contributed by atoms with van der Waals surface area (Å²) in [4.78, 5) is 12.4. The lowest BCUT2D eigenvalue weighted by Gasteiger charge is -2.18. The lowest BCUT2D eigenvalue weighted by molar-refractivity contribution is -0.122. The van der Waals surface area contributed by atoms with Crippen LogP contribution in [0.25, 0.3) is 0 Å². The van der Waals surface area contributed by atoms with Crippen molar-refractivity contribution in [1.29, 1.82) is 0 Å². The molecule has 1 atom stereocenters. The Morgan fingerprint density at radius 1 is 0.960 bits per heavy atom. The molecule has 2 aromatic carbocycles. The lowest BCUT2D eigenvalue weighted by atomic mass is 9.89. The summed E-state index contributed by atoms with van der Waals surface area (Å²) in [5, 5.41) is 3.04. The number of nitrogens with one attached hydrogen (secondary N) is 1. The van der Waals surface area contributed by atoms with Crippen LogP contribution < -0.4 is 11.1 Å². The molecule has 25 heavy (non-hydrogen) atoms. The van der Waals surface area contributed by atoms with Crippen molar-refractivity contribution in [1.82, 2.24) is 5.32 Å². The minimum absolute atomic E-state index is 0.116. The van der Waals surface area contributed by atoms with E-state index in [0.717, 1.165) is 12.8 Å². The van der Waals surface area contributed by atoms with Crippen molar-refractivity contribution in [3.63, 3.8) is 0 Å². The van der Waals surface area contributed by atoms with Gasteiger partial charge in [0.2, 0.25) is 5.91 Å². The maximum atomic E-state index is 12.4. The average Bonchev–Trinajstić information content (AvgIpc) is 3.46. The van der Waals surface area contributed by atoms with Crippen LogP contribution in [0.3, 0.4) is 0 Å². The van der Waals surface area contributed by atoms with Crippen LogP contribution in [0.4, 0.5) is 0 Å². The first-order chi connectivity index (χ1) is 12.2. The number of carbonyl (C=O) groups excluding carboxylic acids is 1. The van der Waals surface area contributed by atoms with Gasteiger partial charge >= 0.3 is 0 Å². The Labute approximate surface area is 150 Å². The van der Waals surface area contributed by atoms with Gasteiger partial charge in [0.25, 0.3) is 0 Å². The second kappa shape index (κ2) is 8.82. The van der Waals surface area contributed by atoms with Gasteiger partial charge in [-0.2, -0.15) is 0 Å². The zero-order valence-electron chi connectivity index (χ0n) is 14.7. The van der Waals surface area contributed by atoms with Gasteiger partial charge in [0.15, 0.2) is 0 Å². The molecule has 0 bridgehead atoms. The van der Waals surface area contributed by atoms with Crippen molar-refractivity contribution in [2.24, 2.45) is 17.6 Å². The maximum absolute atomic E-state index is 12.4. The Hall–Kier alpha value is -2.13. The van der Waals surface area contributed by atoms with Crippen LogP contribution in [-0.4, -0.2) is 18.5 Å². The molecule has 3 N–H and O–H groups in total. The van der Waals surface area contributed by atoms with Gasteiger partial charge in [-0.1, -0.05) is 60.7 Å². The SMILES string of the molecule is NC(CNC(=O)CC(Cc1ccccc1)Cc1ccccc1)C1CC1. The summed E-state index contributed by atoms with van der Waals surface area (Å²) in [6.07, 6.45) is 4.79. The molecule has 0 aromatic heterocycles. The lowest BCUT2D eigenvalue weighted by Crippen LogP contribution is -2.39. The first-order valence-corrected chi connectivity index (χ1v) is 9.31. The van der Waals surface area contributed by atoms with Crippen LogP contribution in [0.15, 0.2) is 60.7 Å². The largest absolute Gasteiger partial charge is 0.355 e. The topological polar surface area (TPSA) is 55.1 Å². The van der Waals surface area contributed by atoms with Gasteiger partial charge in [0, 0.05) is 19.0 Å². The Kier molecular flexibility index (Phi) is 6.24. The highest BCUT2D eigenvalue weighted by Crippen LogP contribution is 2.31. The molecule has 1 unspecified atom stereocenters. The van der Waals surface area contributed by atoms with Crippen molar-refractivity contribution in [2.75, 3.05) is 6.54 Å². The van der Waals surface area contributed by atoms with Gasteiger partial charge in [0.1, 0.15) is 0 Å². The van der Waals surface area contributed by atoms with Crippen molar-refractivity contribution in [3.05, 3.63) is 71.8 Å². The minimum atomic E-state index is 0.116. The van der Waals surface area contributed by atoms with E-state index in [4.69, 9.17) is 5.73 Å². The molecule has 0 spiro atoms. The fourth-order valence-electron chi connectivity index (χ4n) is 3.37. The molecule has 3 heteroatoms. The van der Waals surface area contributed by atoms with Crippen LogP contribution in [0, 0.1) is 11.8 Å². The number of hydrogen-bond acceptors (Lipinski definition) is 2. The van der Waals surface area contributed by atoms with E-state index >= 15 is 0 Å². The van der Waals surface area contributed by atoms with E-state index in [1.165, 1.54) is 24.0 Å². The number of hydrogen-bond donors (Lipinski definition) is 2. The Bertz CT molecular complexity index is 611. The molecule has 1 aliphatic rings. The van der Waals surface area contributed by atoms with Gasteiger partial charge in [-0.25, -0.2) is 0 Å². The Balaban J connectivity index is 1.57. The fraction of sp³-hybridized carbons (Fsp3) is 0.409. The molecule has 1 fully saturated rings. The summed E-state index contributed by atoms with van der Waals surface area (Å²) in [6.45, 7) is 0.604. The molecule has 3 nitrogen and oxygen atoms in total. The van der Waals surface area contributed by atoms with E-state index in [1.54, 1.807) is 0 Å². The summed E-state index contributed by atoms with van der Waals surface area (Å²) in [6, 6.07) is 21.0. The van der Waals surface area contributed by atoms with Crippen molar-refractivity contribution >= 4 is 5.91 Å². The third kappa shape index (κ3) is 6.02. The zero-order chi connectivity index (χ0) is 17.5. The van der Waals surface area contributed by atoms with Crippen LogP contribution in [0.5, 0.6) is 0 Å². The van der Waals surface area contributed by atoms with Crippen molar-refractivity contribution in [2.45, 2.75) is 38.1 Å². The van der Waals surface area contributed by atoms with Gasteiger partial charge in [0.05, 0.1) is 0 Å². The van der Waals surface area contributed by atoms with E-state index < -0.39 is 0 Å². The monoisotopic (exact) mass is 336 g/mol. The summed E-state index contributed by atoms with van der Waals surface area (Å²) < 4.78 is 0. The molecular formula is C22H28N2O. The maximum Gasteiger partial charge on any atom is 0.220 e. The third-order valence-electron chi connectivity index (χ3n) is 4.97. The zero-order valence-corrected chi connectivity index (χ0v) is 14.7. The van der Waals surface area contributed by atoms with Crippen LogP contribution >= 0.6 is 0 Å². The highest BCUT2D eigenvalue weighted by molar-refractivity contribution is 5.76. The molecule has 0 saturated heterocycles. The summed E-state index contributed by atoms with van der Waals surface area (Å²) in [5.41, 5.74) is 8.66. The molecule has 2 aromatic rings.